The van der Waals surface area contributed by atoms with Crippen molar-refractivity contribution < 1.29 is 9.18 Å². The summed E-state index contributed by atoms with van der Waals surface area (Å²) in [5.74, 6) is -0.280. The van der Waals surface area contributed by atoms with E-state index in [1.165, 1.54) is 6.07 Å². The van der Waals surface area contributed by atoms with Crippen LogP contribution in [-0.2, 0) is 6.54 Å². The predicted octanol–water partition coefficient (Wildman–Crippen LogP) is 4.31. The Balaban J connectivity index is 2.11. The fourth-order valence-corrected chi connectivity index (χ4v) is 2.04. The molecule has 0 unspecified atom stereocenters. The van der Waals surface area contributed by atoms with E-state index >= 15 is 0 Å². The van der Waals surface area contributed by atoms with Gasteiger partial charge in [0, 0.05) is 30.9 Å². The number of nitrogens with zero attached hydrogens (tertiary/aromatic N) is 1. The molecule has 0 amide bonds. The second-order valence-corrected chi connectivity index (χ2v) is 4.90. The summed E-state index contributed by atoms with van der Waals surface area (Å²) in [6, 6.07) is 6.53. The zero-order valence-corrected chi connectivity index (χ0v) is 11.5. The number of halogens is 2. The van der Waals surface area contributed by atoms with Crippen molar-refractivity contribution in [2.45, 2.75) is 26.3 Å². The van der Waals surface area contributed by atoms with Crippen molar-refractivity contribution in [1.82, 2.24) is 4.57 Å². The molecule has 0 atom stereocenters. The molecule has 0 saturated carbocycles. The number of carbonyl (C=O) groups is 1. The average molecular weight is 280 g/mol. The topological polar surface area (TPSA) is 22.0 Å². The number of Topliss-reactive ketones (excluding diaryl/α,β-unsaturated/α-hetero) is 1. The Labute approximate surface area is 116 Å². The molecule has 1 heterocycles. The largest absolute Gasteiger partial charge is 0.349 e. The van der Waals surface area contributed by atoms with Crippen molar-refractivity contribution in [3.8, 4) is 0 Å². The molecule has 0 aliphatic rings. The van der Waals surface area contributed by atoms with Gasteiger partial charge in [0.15, 0.2) is 5.78 Å². The molecule has 2 rings (SSSR count). The lowest BCUT2D eigenvalue weighted by Gasteiger charge is -2.04. The fraction of sp³-hybridized carbons (Fsp3) is 0.267. The molecule has 1 aromatic heterocycles. The first-order chi connectivity index (χ1) is 9.10. The quantitative estimate of drug-likeness (QED) is 0.748. The minimum atomic E-state index is -0.423. The van der Waals surface area contributed by atoms with E-state index in [4.69, 9.17) is 11.6 Å². The minimum Gasteiger partial charge on any atom is -0.349 e. The van der Waals surface area contributed by atoms with E-state index in [0.29, 0.717) is 18.5 Å². The Hall–Kier alpha value is -1.61. The summed E-state index contributed by atoms with van der Waals surface area (Å²) in [5, 5.41) is 0.120. The molecule has 19 heavy (non-hydrogen) atoms. The summed E-state index contributed by atoms with van der Waals surface area (Å²) >= 11 is 5.64. The molecule has 100 valence electrons. The molecular weight excluding hydrogens is 265 g/mol. The van der Waals surface area contributed by atoms with Gasteiger partial charge in [0.2, 0.25) is 0 Å². The van der Waals surface area contributed by atoms with Gasteiger partial charge in [-0.1, -0.05) is 24.6 Å². The van der Waals surface area contributed by atoms with Gasteiger partial charge in [0.05, 0.1) is 5.02 Å². The lowest BCUT2D eigenvalue weighted by Crippen LogP contribution is -1.99. The lowest BCUT2D eigenvalue weighted by molar-refractivity contribution is 0.0981. The van der Waals surface area contributed by atoms with Crippen LogP contribution in [0.1, 0.15) is 35.7 Å². The van der Waals surface area contributed by atoms with Crippen LogP contribution in [0.5, 0.6) is 0 Å². The highest BCUT2D eigenvalue weighted by atomic mass is 35.5. The van der Waals surface area contributed by atoms with Gasteiger partial charge in [-0.15, -0.1) is 0 Å². The Bertz CT molecular complexity index is 592. The van der Waals surface area contributed by atoms with Gasteiger partial charge >= 0.3 is 0 Å². The van der Waals surface area contributed by atoms with Gasteiger partial charge in [0.25, 0.3) is 0 Å². The normalized spacial score (nSPS) is 10.7. The van der Waals surface area contributed by atoms with E-state index < -0.39 is 5.82 Å². The maximum absolute atomic E-state index is 13.3. The molecule has 0 aliphatic carbocycles. The molecular formula is C15H15ClFNO. The zero-order chi connectivity index (χ0) is 13.8. The van der Waals surface area contributed by atoms with Crippen molar-refractivity contribution in [3.63, 3.8) is 0 Å². The van der Waals surface area contributed by atoms with E-state index in [-0.39, 0.29) is 10.8 Å². The van der Waals surface area contributed by atoms with Crippen molar-refractivity contribution in [2.75, 3.05) is 0 Å². The van der Waals surface area contributed by atoms with Crippen LogP contribution in [0.4, 0.5) is 4.39 Å². The third-order valence-electron chi connectivity index (χ3n) is 2.90. The van der Waals surface area contributed by atoms with Gasteiger partial charge in [0.1, 0.15) is 5.82 Å². The Kier molecular flexibility index (Phi) is 4.38. The van der Waals surface area contributed by atoms with Crippen LogP contribution in [0.3, 0.4) is 0 Å². The molecule has 2 nitrogen and oxygen atoms in total. The average Bonchev–Trinajstić information content (AvgIpc) is 2.83. The molecule has 1 aromatic carbocycles. The molecule has 0 aliphatic heterocycles. The molecule has 0 radical (unpaired) electrons. The van der Waals surface area contributed by atoms with E-state index in [1.807, 2.05) is 17.7 Å². The number of rotatable bonds is 5. The number of carbonyl (C=O) groups excluding carboxylic acids is 1. The SMILES string of the molecule is CCCC(=O)c1ccn(Cc2ccc(Cl)c(F)c2)c1. The van der Waals surface area contributed by atoms with Gasteiger partial charge in [-0.05, 0) is 30.2 Å². The van der Waals surface area contributed by atoms with E-state index in [2.05, 4.69) is 0 Å². The first-order valence-corrected chi connectivity index (χ1v) is 6.61. The van der Waals surface area contributed by atoms with Crippen molar-refractivity contribution in [1.29, 1.82) is 0 Å². The van der Waals surface area contributed by atoms with Crippen molar-refractivity contribution in [3.05, 3.63) is 58.6 Å². The van der Waals surface area contributed by atoms with Gasteiger partial charge in [-0.25, -0.2) is 4.39 Å². The van der Waals surface area contributed by atoms with E-state index in [0.717, 1.165) is 12.0 Å². The molecule has 0 fully saturated rings. The highest BCUT2D eigenvalue weighted by molar-refractivity contribution is 6.30. The lowest BCUT2D eigenvalue weighted by atomic mass is 10.1. The predicted molar refractivity (Wildman–Crippen MR) is 74.2 cm³/mol. The van der Waals surface area contributed by atoms with Crippen molar-refractivity contribution in [2.24, 2.45) is 0 Å². The van der Waals surface area contributed by atoms with Crippen LogP contribution >= 0.6 is 11.6 Å². The number of benzene rings is 1. The van der Waals surface area contributed by atoms with E-state index in [9.17, 15) is 9.18 Å². The third-order valence-corrected chi connectivity index (χ3v) is 3.21. The highest BCUT2D eigenvalue weighted by Gasteiger charge is 2.07. The Morgan fingerprint density at radius 1 is 1.37 bits per heavy atom. The standard InChI is InChI=1S/C15H15ClFNO/c1-2-3-15(19)12-6-7-18(10-12)9-11-4-5-13(16)14(17)8-11/h4-8,10H,2-3,9H2,1H3. The van der Waals surface area contributed by atoms with E-state index in [1.54, 1.807) is 24.4 Å². The van der Waals surface area contributed by atoms with Crippen LogP contribution in [0.2, 0.25) is 5.02 Å². The van der Waals surface area contributed by atoms with Crippen LogP contribution in [0.15, 0.2) is 36.7 Å². The molecule has 0 N–H and O–H groups in total. The Morgan fingerprint density at radius 3 is 2.84 bits per heavy atom. The summed E-state index contributed by atoms with van der Waals surface area (Å²) in [6.07, 6.45) is 5.02. The molecule has 4 heteroatoms. The Morgan fingerprint density at radius 2 is 2.16 bits per heavy atom. The summed E-state index contributed by atoms with van der Waals surface area (Å²) in [7, 11) is 0. The number of hydrogen-bond acceptors (Lipinski definition) is 1. The number of ketones is 1. The van der Waals surface area contributed by atoms with Gasteiger partial charge in [-0.2, -0.15) is 0 Å². The zero-order valence-electron chi connectivity index (χ0n) is 10.7. The van der Waals surface area contributed by atoms with Crippen LogP contribution in [0, 0.1) is 5.82 Å². The van der Waals surface area contributed by atoms with Gasteiger partial charge in [-0.3, -0.25) is 4.79 Å². The summed E-state index contributed by atoms with van der Waals surface area (Å²) in [6.45, 7) is 2.50. The molecule has 0 spiro atoms. The van der Waals surface area contributed by atoms with Crippen molar-refractivity contribution >= 4 is 17.4 Å². The summed E-state index contributed by atoms with van der Waals surface area (Å²) < 4.78 is 15.2. The monoisotopic (exact) mass is 279 g/mol. The van der Waals surface area contributed by atoms with Crippen LogP contribution < -0.4 is 0 Å². The molecule has 2 aromatic rings. The number of hydrogen-bond donors (Lipinski definition) is 0. The van der Waals surface area contributed by atoms with Gasteiger partial charge < -0.3 is 4.57 Å². The second kappa shape index (κ2) is 6.02. The summed E-state index contributed by atoms with van der Waals surface area (Å²) in [5.41, 5.74) is 1.52. The highest BCUT2D eigenvalue weighted by Crippen LogP contribution is 2.17. The minimum absolute atomic E-state index is 0.120. The first-order valence-electron chi connectivity index (χ1n) is 6.23. The third kappa shape index (κ3) is 3.44. The molecule has 0 bridgehead atoms. The number of aromatic nitrogens is 1. The van der Waals surface area contributed by atoms with Crippen LogP contribution in [-0.4, -0.2) is 10.4 Å². The molecule has 0 saturated heterocycles. The van der Waals surface area contributed by atoms with Crippen LogP contribution in [0.25, 0.3) is 0 Å². The smallest absolute Gasteiger partial charge is 0.164 e. The fourth-order valence-electron chi connectivity index (χ4n) is 1.92. The summed E-state index contributed by atoms with van der Waals surface area (Å²) in [4.78, 5) is 11.7. The second-order valence-electron chi connectivity index (χ2n) is 4.49. The maximum Gasteiger partial charge on any atom is 0.164 e. The maximum atomic E-state index is 13.3. The first kappa shape index (κ1) is 13.8.